The van der Waals surface area contributed by atoms with Crippen molar-refractivity contribution in [2.75, 3.05) is 5.32 Å². The summed E-state index contributed by atoms with van der Waals surface area (Å²) in [7, 11) is 0. The third-order valence-electron chi connectivity index (χ3n) is 2.48. The molecule has 0 fully saturated rings. The lowest BCUT2D eigenvalue weighted by molar-refractivity contribution is 1.24. The smallest absolute Gasteiger partial charge is 0.144 e. The number of hydrogen-bond donors (Lipinski definition) is 1. The average Bonchev–Trinajstić information content (AvgIpc) is 2.29. The van der Waals surface area contributed by atoms with Gasteiger partial charge in [0.05, 0.1) is 15.2 Å². The normalized spacial score (nSPS) is 10.5. The van der Waals surface area contributed by atoms with Crippen molar-refractivity contribution < 1.29 is 0 Å². The summed E-state index contributed by atoms with van der Waals surface area (Å²) in [5.74, 6) is 0.711. The van der Waals surface area contributed by atoms with Gasteiger partial charge in [0, 0.05) is 11.2 Å². The van der Waals surface area contributed by atoms with Gasteiger partial charge in [-0.1, -0.05) is 23.2 Å². The molecule has 5 heteroatoms. The molecule has 0 spiro atoms. The van der Waals surface area contributed by atoms with Crippen LogP contribution in [0.25, 0.3) is 0 Å². The van der Waals surface area contributed by atoms with Crippen LogP contribution in [0.15, 0.2) is 28.9 Å². The van der Waals surface area contributed by atoms with Crippen molar-refractivity contribution in [2.45, 2.75) is 13.8 Å². The Balaban J connectivity index is 2.37. The van der Waals surface area contributed by atoms with Crippen LogP contribution in [0.5, 0.6) is 0 Å². The maximum atomic E-state index is 6.17. The first-order chi connectivity index (χ1) is 8.47. The van der Waals surface area contributed by atoms with E-state index in [1.165, 1.54) is 0 Å². The van der Waals surface area contributed by atoms with Crippen molar-refractivity contribution in [3.63, 3.8) is 0 Å². The van der Waals surface area contributed by atoms with Crippen molar-refractivity contribution in [3.05, 3.63) is 50.0 Å². The lowest BCUT2D eigenvalue weighted by Gasteiger charge is -2.11. The van der Waals surface area contributed by atoms with E-state index in [4.69, 9.17) is 23.2 Å². The van der Waals surface area contributed by atoms with Gasteiger partial charge in [0.15, 0.2) is 0 Å². The Morgan fingerprint density at radius 2 is 1.83 bits per heavy atom. The van der Waals surface area contributed by atoms with E-state index in [1.54, 1.807) is 12.3 Å². The third kappa shape index (κ3) is 2.97. The van der Waals surface area contributed by atoms with Gasteiger partial charge in [-0.15, -0.1) is 0 Å². The molecule has 0 saturated carbocycles. The van der Waals surface area contributed by atoms with Crippen molar-refractivity contribution >= 4 is 50.6 Å². The van der Waals surface area contributed by atoms with E-state index in [0.717, 1.165) is 21.3 Å². The molecule has 0 radical (unpaired) electrons. The highest BCUT2D eigenvalue weighted by Crippen LogP contribution is 2.32. The Kier molecular flexibility index (Phi) is 4.15. The molecule has 94 valence electrons. The maximum absolute atomic E-state index is 6.17. The molecule has 0 aliphatic heterocycles. The summed E-state index contributed by atoms with van der Waals surface area (Å²) in [6, 6.07) is 5.61. The van der Waals surface area contributed by atoms with Crippen LogP contribution in [-0.4, -0.2) is 4.98 Å². The molecule has 0 bridgehead atoms. The molecule has 0 atom stereocenters. The Morgan fingerprint density at radius 3 is 2.50 bits per heavy atom. The van der Waals surface area contributed by atoms with Gasteiger partial charge in [-0.2, -0.15) is 0 Å². The molecule has 2 aromatic rings. The summed E-state index contributed by atoms with van der Waals surface area (Å²) in [5.41, 5.74) is 2.77. The zero-order valence-electron chi connectivity index (χ0n) is 9.89. The molecule has 0 saturated heterocycles. The highest BCUT2D eigenvalue weighted by molar-refractivity contribution is 9.10. The number of nitrogens with zero attached hydrogens (tertiary/aromatic N) is 1. The second-order valence-electron chi connectivity index (χ2n) is 4.05. The van der Waals surface area contributed by atoms with Crippen LogP contribution >= 0.6 is 39.1 Å². The van der Waals surface area contributed by atoms with Crippen LogP contribution in [-0.2, 0) is 0 Å². The molecule has 0 amide bonds. The average molecular weight is 346 g/mol. The van der Waals surface area contributed by atoms with Crippen molar-refractivity contribution in [1.82, 2.24) is 4.98 Å². The Morgan fingerprint density at radius 1 is 1.11 bits per heavy atom. The predicted octanol–water partition coefficient (Wildman–Crippen LogP) is 5.51. The van der Waals surface area contributed by atoms with Crippen LogP contribution in [0.4, 0.5) is 11.5 Å². The van der Waals surface area contributed by atoms with E-state index >= 15 is 0 Å². The number of rotatable bonds is 2. The lowest BCUT2D eigenvalue weighted by atomic mass is 10.2. The van der Waals surface area contributed by atoms with Gasteiger partial charge in [0.25, 0.3) is 0 Å². The number of anilines is 2. The van der Waals surface area contributed by atoms with Gasteiger partial charge in [-0.25, -0.2) is 4.98 Å². The fraction of sp³-hybridized carbons (Fsp3) is 0.154. The van der Waals surface area contributed by atoms with Crippen molar-refractivity contribution in [3.8, 4) is 0 Å². The summed E-state index contributed by atoms with van der Waals surface area (Å²) in [6.07, 6.45) is 1.79. The molecule has 1 N–H and O–H groups in total. The van der Waals surface area contributed by atoms with E-state index in [9.17, 15) is 0 Å². The molecule has 1 aromatic heterocycles. The largest absolute Gasteiger partial charge is 0.338 e. The highest BCUT2D eigenvalue weighted by atomic mass is 79.9. The molecule has 0 aliphatic carbocycles. The van der Waals surface area contributed by atoms with E-state index < -0.39 is 0 Å². The van der Waals surface area contributed by atoms with Gasteiger partial charge < -0.3 is 5.32 Å². The molecule has 18 heavy (non-hydrogen) atoms. The van der Waals surface area contributed by atoms with Gasteiger partial charge in [-0.3, -0.25) is 0 Å². The Bertz CT molecular complexity index is 600. The number of pyridine rings is 1. The standard InChI is InChI=1S/C13H11BrCl2N2/c1-7-3-9(14)13(17-6-7)18-12-5-10(15)8(2)4-11(12)16/h3-6H,1-2H3,(H,17,18). The zero-order chi connectivity index (χ0) is 13.3. The molecular formula is C13H11BrCl2N2. The Hall–Kier alpha value is -0.770. The fourth-order valence-electron chi connectivity index (χ4n) is 1.50. The predicted molar refractivity (Wildman–Crippen MR) is 81.2 cm³/mol. The van der Waals surface area contributed by atoms with Crippen LogP contribution in [0, 0.1) is 13.8 Å². The number of aromatic nitrogens is 1. The third-order valence-corrected chi connectivity index (χ3v) is 3.80. The second kappa shape index (κ2) is 5.47. The summed E-state index contributed by atoms with van der Waals surface area (Å²) < 4.78 is 0.885. The van der Waals surface area contributed by atoms with E-state index in [1.807, 2.05) is 26.0 Å². The number of benzene rings is 1. The number of nitrogens with one attached hydrogen (secondary N) is 1. The number of aryl methyl sites for hydroxylation is 2. The Labute approximate surface area is 124 Å². The topological polar surface area (TPSA) is 24.9 Å². The summed E-state index contributed by atoms with van der Waals surface area (Å²) in [4.78, 5) is 4.31. The van der Waals surface area contributed by atoms with E-state index in [0.29, 0.717) is 15.9 Å². The van der Waals surface area contributed by atoms with Crippen LogP contribution in [0.2, 0.25) is 10.0 Å². The first kappa shape index (κ1) is 13.7. The van der Waals surface area contributed by atoms with Gasteiger partial charge in [0.2, 0.25) is 0 Å². The minimum Gasteiger partial charge on any atom is -0.338 e. The molecular weight excluding hydrogens is 335 g/mol. The minimum atomic E-state index is 0.617. The molecule has 2 rings (SSSR count). The first-order valence-corrected chi connectivity index (χ1v) is 6.87. The summed E-state index contributed by atoms with van der Waals surface area (Å²) in [5, 5.41) is 4.45. The van der Waals surface area contributed by atoms with Crippen LogP contribution < -0.4 is 5.32 Å². The van der Waals surface area contributed by atoms with Crippen molar-refractivity contribution in [2.24, 2.45) is 0 Å². The fourth-order valence-corrected chi connectivity index (χ4v) is 2.49. The van der Waals surface area contributed by atoms with Gasteiger partial charge in [0.1, 0.15) is 5.82 Å². The number of halogens is 3. The summed E-state index contributed by atoms with van der Waals surface area (Å²) in [6.45, 7) is 3.90. The second-order valence-corrected chi connectivity index (χ2v) is 5.72. The first-order valence-electron chi connectivity index (χ1n) is 5.32. The number of hydrogen-bond acceptors (Lipinski definition) is 2. The quantitative estimate of drug-likeness (QED) is 0.776. The van der Waals surface area contributed by atoms with Gasteiger partial charge in [-0.05, 0) is 59.1 Å². The van der Waals surface area contributed by atoms with Crippen LogP contribution in [0.1, 0.15) is 11.1 Å². The SMILES string of the molecule is Cc1cnc(Nc2cc(Cl)c(C)cc2Cl)c(Br)c1. The van der Waals surface area contributed by atoms with Gasteiger partial charge >= 0.3 is 0 Å². The van der Waals surface area contributed by atoms with Crippen LogP contribution in [0.3, 0.4) is 0 Å². The monoisotopic (exact) mass is 344 g/mol. The molecule has 1 heterocycles. The highest BCUT2D eigenvalue weighted by Gasteiger charge is 2.08. The minimum absolute atomic E-state index is 0.617. The van der Waals surface area contributed by atoms with E-state index in [-0.39, 0.29) is 0 Å². The van der Waals surface area contributed by atoms with E-state index in [2.05, 4.69) is 26.2 Å². The molecule has 0 aliphatic rings. The molecule has 1 aromatic carbocycles. The lowest BCUT2D eigenvalue weighted by Crippen LogP contribution is -1.96. The maximum Gasteiger partial charge on any atom is 0.144 e. The summed E-state index contributed by atoms with van der Waals surface area (Å²) >= 11 is 15.7. The molecule has 2 nitrogen and oxygen atoms in total. The zero-order valence-corrected chi connectivity index (χ0v) is 13.0. The van der Waals surface area contributed by atoms with Crippen molar-refractivity contribution in [1.29, 1.82) is 0 Å². The molecule has 0 unspecified atom stereocenters.